The maximum Gasteiger partial charge on any atom is 0.264 e. The second-order valence-corrected chi connectivity index (χ2v) is 8.79. The highest BCUT2D eigenvalue weighted by Crippen LogP contribution is 2.46. The molecule has 2 atom stereocenters. The van der Waals surface area contributed by atoms with Crippen LogP contribution in [0.4, 0.5) is 11.4 Å². The molecule has 3 heterocycles. The Morgan fingerprint density at radius 3 is 2.85 bits per heavy atom. The first-order valence-corrected chi connectivity index (χ1v) is 11.5. The first-order chi connectivity index (χ1) is 15.9. The molecule has 9 heteroatoms. The van der Waals surface area contributed by atoms with Gasteiger partial charge in [0.15, 0.2) is 5.60 Å². The van der Waals surface area contributed by atoms with Gasteiger partial charge in [0.1, 0.15) is 0 Å². The number of nitrogens with zero attached hydrogens (tertiary/aromatic N) is 5. The maximum absolute atomic E-state index is 13.1. The standard InChI is InChI=1S/C24H31N5O4/c1-17(7-3-5-12-28-16-18(11-14-30)25-26-28)24(33)20-15-19(29-13-6-4-8-22(29)31)9-10-21(20)27(2)23(24)32/h3,7,9-10,15-17,30,33H,4-6,8,11-14H2,1-2H3/b7-3+/t17-,24+/m0/s1. The molecule has 2 aliphatic rings. The normalized spacial score (nSPS) is 21.8. The van der Waals surface area contributed by atoms with E-state index in [9.17, 15) is 14.7 Å². The molecule has 1 fully saturated rings. The molecule has 2 aromatic rings. The van der Waals surface area contributed by atoms with Crippen molar-refractivity contribution in [3.05, 3.63) is 47.8 Å². The second kappa shape index (κ2) is 9.44. The van der Waals surface area contributed by atoms with Gasteiger partial charge in [0.25, 0.3) is 5.91 Å². The number of hydrogen-bond donors (Lipinski definition) is 2. The van der Waals surface area contributed by atoms with Crippen LogP contribution < -0.4 is 9.80 Å². The topological polar surface area (TPSA) is 112 Å². The van der Waals surface area contributed by atoms with Crippen molar-refractivity contribution in [2.45, 2.75) is 51.2 Å². The summed E-state index contributed by atoms with van der Waals surface area (Å²) in [5, 5.41) is 28.6. The molecule has 0 bridgehead atoms. The van der Waals surface area contributed by atoms with E-state index in [0.29, 0.717) is 43.6 Å². The lowest BCUT2D eigenvalue weighted by Crippen LogP contribution is -2.43. The lowest BCUT2D eigenvalue weighted by molar-refractivity contribution is -0.139. The number of benzene rings is 1. The number of aliphatic hydroxyl groups excluding tert-OH is 1. The van der Waals surface area contributed by atoms with Crippen molar-refractivity contribution >= 4 is 23.2 Å². The van der Waals surface area contributed by atoms with Crippen LogP contribution in [0.5, 0.6) is 0 Å². The summed E-state index contributed by atoms with van der Waals surface area (Å²) in [7, 11) is 1.66. The van der Waals surface area contributed by atoms with E-state index in [1.807, 2.05) is 31.2 Å². The SMILES string of the molecule is C[C@@H](/C=C/CCn1cc(CCO)nn1)[C@]1(O)C(=O)N(C)c2ccc(N3CCCCC3=O)cc21. The van der Waals surface area contributed by atoms with Crippen molar-refractivity contribution in [1.82, 2.24) is 15.0 Å². The van der Waals surface area contributed by atoms with Crippen LogP contribution in [0.15, 0.2) is 36.5 Å². The number of carbonyl (C=O) groups is 2. The first kappa shape index (κ1) is 23.1. The van der Waals surface area contributed by atoms with Crippen molar-refractivity contribution in [2.24, 2.45) is 5.92 Å². The van der Waals surface area contributed by atoms with Gasteiger partial charge in [-0.3, -0.25) is 14.3 Å². The van der Waals surface area contributed by atoms with Crippen LogP contribution in [0.3, 0.4) is 0 Å². The highest BCUT2D eigenvalue weighted by Gasteiger charge is 2.51. The number of piperidine rings is 1. The van der Waals surface area contributed by atoms with Crippen LogP contribution >= 0.6 is 0 Å². The molecule has 0 saturated carbocycles. The van der Waals surface area contributed by atoms with Gasteiger partial charge in [-0.2, -0.15) is 0 Å². The van der Waals surface area contributed by atoms with Crippen LogP contribution in [0, 0.1) is 5.92 Å². The molecular formula is C24H31N5O4. The van der Waals surface area contributed by atoms with Crippen molar-refractivity contribution in [3.63, 3.8) is 0 Å². The molecule has 2 aliphatic heterocycles. The van der Waals surface area contributed by atoms with E-state index < -0.39 is 11.5 Å². The average molecular weight is 454 g/mol. The molecule has 4 rings (SSSR count). The van der Waals surface area contributed by atoms with Gasteiger partial charge in [0.05, 0.1) is 11.4 Å². The monoisotopic (exact) mass is 453 g/mol. The third kappa shape index (κ3) is 4.30. The minimum Gasteiger partial charge on any atom is -0.396 e. The summed E-state index contributed by atoms with van der Waals surface area (Å²) in [5.74, 6) is -0.769. The van der Waals surface area contributed by atoms with Crippen molar-refractivity contribution in [2.75, 3.05) is 30.0 Å². The molecule has 1 aromatic heterocycles. The van der Waals surface area contributed by atoms with Gasteiger partial charge in [-0.05, 0) is 37.5 Å². The number of carbonyl (C=O) groups excluding carboxylic acids is 2. The second-order valence-electron chi connectivity index (χ2n) is 8.79. The highest BCUT2D eigenvalue weighted by molar-refractivity contribution is 6.07. The largest absolute Gasteiger partial charge is 0.396 e. The summed E-state index contributed by atoms with van der Waals surface area (Å²) in [4.78, 5) is 28.7. The van der Waals surface area contributed by atoms with E-state index in [-0.39, 0.29) is 18.4 Å². The van der Waals surface area contributed by atoms with E-state index in [1.54, 1.807) is 28.9 Å². The Kier molecular flexibility index (Phi) is 6.62. The Morgan fingerprint density at radius 1 is 1.27 bits per heavy atom. The van der Waals surface area contributed by atoms with Crippen molar-refractivity contribution < 1.29 is 19.8 Å². The Bertz CT molecular complexity index is 1060. The number of rotatable bonds is 8. The Morgan fingerprint density at radius 2 is 2.09 bits per heavy atom. The molecule has 1 aromatic carbocycles. The van der Waals surface area contributed by atoms with Gasteiger partial charge in [0, 0.05) is 63.0 Å². The summed E-state index contributed by atoms with van der Waals surface area (Å²) in [5.41, 5.74) is 0.962. The van der Waals surface area contributed by atoms with E-state index in [2.05, 4.69) is 10.3 Å². The fourth-order valence-electron chi connectivity index (χ4n) is 4.61. The zero-order chi connectivity index (χ0) is 23.6. The molecular weight excluding hydrogens is 422 g/mol. The molecule has 0 unspecified atom stereocenters. The molecule has 1 saturated heterocycles. The molecule has 33 heavy (non-hydrogen) atoms. The van der Waals surface area contributed by atoms with E-state index in [0.717, 1.165) is 24.2 Å². The minimum atomic E-state index is -1.70. The number of anilines is 2. The van der Waals surface area contributed by atoms with E-state index in [1.165, 1.54) is 4.90 Å². The van der Waals surface area contributed by atoms with E-state index >= 15 is 0 Å². The van der Waals surface area contributed by atoms with Crippen LogP contribution in [0.2, 0.25) is 0 Å². The summed E-state index contributed by atoms with van der Waals surface area (Å²) >= 11 is 0. The summed E-state index contributed by atoms with van der Waals surface area (Å²) < 4.78 is 1.71. The lowest BCUT2D eigenvalue weighted by Gasteiger charge is -2.29. The summed E-state index contributed by atoms with van der Waals surface area (Å²) in [6.45, 7) is 3.11. The average Bonchev–Trinajstić information content (AvgIpc) is 3.34. The van der Waals surface area contributed by atoms with Gasteiger partial charge in [0.2, 0.25) is 5.91 Å². The maximum atomic E-state index is 13.1. The Hall–Kier alpha value is -3.04. The minimum absolute atomic E-state index is 0.0340. The third-order valence-electron chi connectivity index (χ3n) is 6.58. The number of aryl methyl sites for hydroxylation is 1. The molecule has 2 N–H and O–H groups in total. The van der Waals surface area contributed by atoms with Crippen LogP contribution in [-0.2, 0) is 28.2 Å². The number of hydrogen-bond acceptors (Lipinski definition) is 6. The predicted molar refractivity (Wildman–Crippen MR) is 124 cm³/mol. The zero-order valence-electron chi connectivity index (χ0n) is 19.1. The summed E-state index contributed by atoms with van der Waals surface area (Å²) in [6.07, 6.45) is 9.07. The van der Waals surface area contributed by atoms with Crippen molar-refractivity contribution in [3.8, 4) is 0 Å². The Balaban J connectivity index is 1.51. The molecule has 0 aliphatic carbocycles. The number of amides is 2. The van der Waals surface area contributed by atoms with Crippen LogP contribution in [0.25, 0.3) is 0 Å². The number of likely N-dealkylation sites (N-methyl/N-ethyl adjacent to an activating group) is 1. The van der Waals surface area contributed by atoms with Gasteiger partial charge < -0.3 is 20.0 Å². The fourth-order valence-corrected chi connectivity index (χ4v) is 4.61. The number of aliphatic hydroxyl groups is 2. The van der Waals surface area contributed by atoms with Gasteiger partial charge in [-0.25, -0.2) is 0 Å². The lowest BCUT2D eigenvalue weighted by atomic mass is 9.82. The van der Waals surface area contributed by atoms with Crippen LogP contribution in [0.1, 0.15) is 43.9 Å². The molecule has 176 valence electrons. The molecule has 2 amide bonds. The summed E-state index contributed by atoms with van der Waals surface area (Å²) in [6, 6.07) is 5.46. The molecule has 0 radical (unpaired) electrons. The Labute approximate surface area is 193 Å². The van der Waals surface area contributed by atoms with E-state index in [4.69, 9.17) is 5.11 Å². The fraction of sp³-hybridized carbons (Fsp3) is 0.500. The van der Waals surface area contributed by atoms with Crippen LogP contribution in [-0.4, -0.2) is 57.2 Å². The number of aromatic nitrogens is 3. The quantitative estimate of drug-likeness (QED) is 0.590. The first-order valence-electron chi connectivity index (χ1n) is 11.5. The number of allylic oxidation sites excluding steroid dienone is 1. The predicted octanol–water partition coefficient (Wildman–Crippen LogP) is 1.78. The zero-order valence-corrected chi connectivity index (χ0v) is 19.1. The van der Waals surface area contributed by atoms with Gasteiger partial charge in [-0.1, -0.05) is 24.3 Å². The van der Waals surface area contributed by atoms with Gasteiger partial charge in [-0.15, -0.1) is 5.10 Å². The molecule has 9 nitrogen and oxygen atoms in total. The molecule has 0 spiro atoms. The van der Waals surface area contributed by atoms with Gasteiger partial charge >= 0.3 is 0 Å². The number of fused-ring (bicyclic) bond motifs is 1. The van der Waals surface area contributed by atoms with Crippen molar-refractivity contribution in [1.29, 1.82) is 0 Å². The third-order valence-corrected chi connectivity index (χ3v) is 6.58. The highest BCUT2D eigenvalue weighted by atomic mass is 16.3. The smallest absolute Gasteiger partial charge is 0.264 e.